The summed E-state index contributed by atoms with van der Waals surface area (Å²) < 4.78 is 9.69. The van der Waals surface area contributed by atoms with Crippen molar-refractivity contribution in [3.05, 3.63) is 23.3 Å². The molecule has 5 heteroatoms. The Labute approximate surface area is 99.2 Å². The zero-order valence-corrected chi connectivity index (χ0v) is 9.69. The fraction of sp³-hybridized carbons (Fsp3) is 0.333. The third kappa shape index (κ3) is 2.88. The van der Waals surface area contributed by atoms with Gasteiger partial charge in [-0.15, -0.1) is 0 Å². The summed E-state index contributed by atoms with van der Waals surface area (Å²) in [4.78, 5) is 11.3. The van der Waals surface area contributed by atoms with Crippen LogP contribution in [0.3, 0.4) is 0 Å². The van der Waals surface area contributed by atoms with Crippen molar-refractivity contribution in [1.29, 1.82) is 5.26 Å². The van der Waals surface area contributed by atoms with Crippen molar-refractivity contribution in [2.45, 2.75) is 13.3 Å². The number of hydrogen-bond acceptors (Lipinski definition) is 5. The molecule has 17 heavy (non-hydrogen) atoms. The highest BCUT2D eigenvalue weighted by molar-refractivity contribution is 5.75. The van der Waals surface area contributed by atoms with Gasteiger partial charge in [-0.1, -0.05) is 0 Å². The lowest BCUT2D eigenvalue weighted by atomic mass is 10.0. The van der Waals surface area contributed by atoms with E-state index in [1.807, 2.05) is 6.07 Å². The van der Waals surface area contributed by atoms with E-state index in [2.05, 4.69) is 0 Å². The fourth-order valence-corrected chi connectivity index (χ4v) is 1.42. The minimum absolute atomic E-state index is 0.153. The highest BCUT2D eigenvalue weighted by atomic mass is 16.5. The molecule has 0 aliphatic carbocycles. The van der Waals surface area contributed by atoms with Crippen molar-refractivity contribution in [3.63, 3.8) is 0 Å². The highest BCUT2D eigenvalue weighted by Gasteiger charge is 2.16. The van der Waals surface area contributed by atoms with Crippen molar-refractivity contribution in [3.8, 4) is 17.6 Å². The van der Waals surface area contributed by atoms with Gasteiger partial charge in [0.2, 0.25) is 0 Å². The Morgan fingerprint density at radius 3 is 2.76 bits per heavy atom. The first-order valence-corrected chi connectivity index (χ1v) is 5.08. The van der Waals surface area contributed by atoms with E-state index in [0.717, 1.165) is 0 Å². The number of carbonyl (C=O) groups excluding carboxylic acids is 1. The number of benzene rings is 1. The lowest BCUT2D eigenvalue weighted by Gasteiger charge is -2.10. The minimum atomic E-state index is -0.493. The molecule has 0 heterocycles. The van der Waals surface area contributed by atoms with Crippen LogP contribution in [0, 0.1) is 11.3 Å². The summed E-state index contributed by atoms with van der Waals surface area (Å²) in [6, 6.07) is 4.88. The molecule has 0 unspecified atom stereocenters. The Bertz CT molecular complexity index is 462. The fourth-order valence-electron chi connectivity index (χ4n) is 1.42. The molecule has 1 rings (SSSR count). The summed E-state index contributed by atoms with van der Waals surface area (Å²) in [6.45, 7) is 1.94. The van der Waals surface area contributed by atoms with Gasteiger partial charge < -0.3 is 14.6 Å². The monoisotopic (exact) mass is 235 g/mol. The van der Waals surface area contributed by atoms with E-state index >= 15 is 0 Å². The number of phenolic OH excluding ortho intramolecular Hbond substituents is 1. The number of methoxy groups -OCH3 is 1. The van der Waals surface area contributed by atoms with E-state index in [1.54, 1.807) is 6.92 Å². The van der Waals surface area contributed by atoms with Gasteiger partial charge in [-0.2, -0.15) is 5.26 Å². The molecular weight excluding hydrogens is 222 g/mol. The first-order valence-electron chi connectivity index (χ1n) is 5.08. The molecule has 0 saturated heterocycles. The number of hydrogen-bond donors (Lipinski definition) is 1. The molecule has 0 amide bonds. The van der Waals surface area contributed by atoms with Gasteiger partial charge in [0.15, 0.2) is 11.5 Å². The van der Waals surface area contributed by atoms with E-state index in [-0.39, 0.29) is 35.7 Å². The molecule has 0 saturated carbocycles. The summed E-state index contributed by atoms with van der Waals surface area (Å²) in [5.74, 6) is -0.463. The predicted molar refractivity (Wildman–Crippen MR) is 59.7 cm³/mol. The Morgan fingerprint density at radius 2 is 2.24 bits per heavy atom. The molecule has 0 fully saturated rings. The second-order valence-corrected chi connectivity index (χ2v) is 3.24. The zero-order valence-electron chi connectivity index (χ0n) is 9.69. The van der Waals surface area contributed by atoms with Gasteiger partial charge in [0, 0.05) is 5.56 Å². The van der Waals surface area contributed by atoms with Gasteiger partial charge in [0.25, 0.3) is 0 Å². The van der Waals surface area contributed by atoms with Crippen LogP contribution in [0.1, 0.15) is 18.1 Å². The lowest BCUT2D eigenvalue weighted by Crippen LogP contribution is -2.09. The third-order valence-electron chi connectivity index (χ3n) is 2.21. The van der Waals surface area contributed by atoms with Crippen LogP contribution in [-0.2, 0) is 16.0 Å². The maximum atomic E-state index is 11.3. The molecule has 90 valence electrons. The number of carbonyl (C=O) groups is 1. The van der Waals surface area contributed by atoms with Gasteiger partial charge in [-0.25, -0.2) is 0 Å². The van der Waals surface area contributed by atoms with E-state index in [1.165, 1.54) is 19.2 Å². The molecule has 0 spiro atoms. The Hall–Kier alpha value is -2.22. The normalized spacial score (nSPS) is 9.47. The van der Waals surface area contributed by atoms with Crippen LogP contribution in [-0.4, -0.2) is 24.8 Å². The molecule has 0 aliphatic heterocycles. The number of phenols is 1. The average molecular weight is 235 g/mol. The largest absolute Gasteiger partial charge is 0.504 e. The second-order valence-electron chi connectivity index (χ2n) is 3.24. The maximum absolute atomic E-state index is 11.3. The second kappa shape index (κ2) is 5.75. The minimum Gasteiger partial charge on any atom is -0.504 e. The quantitative estimate of drug-likeness (QED) is 0.797. The van der Waals surface area contributed by atoms with Gasteiger partial charge in [-0.05, 0) is 19.1 Å². The molecule has 0 bridgehead atoms. The average Bonchev–Trinajstić information content (AvgIpc) is 2.32. The standard InChI is InChI=1S/C12H13NO4/c1-3-17-11(14)6-9-8(7-13)4-5-10(16-2)12(9)15/h4-5,15H,3,6H2,1-2H3. The molecule has 1 N–H and O–H groups in total. The van der Waals surface area contributed by atoms with E-state index < -0.39 is 5.97 Å². The highest BCUT2D eigenvalue weighted by Crippen LogP contribution is 2.32. The summed E-state index contributed by atoms with van der Waals surface area (Å²) in [6.07, 6.45) is -0.153. The van der Waals surface area contributed by atoms with Crippen molar-refractivity contribution in [2.24, 2.45) is 0 Å². The molecule has 0 aliphatic rings. The summed E-state index contributed by atoms with van der Waals surface area (Å²) in [5, 5.41) is 18.7. The van der Waals surface area contributed by atoms with Crippen LogP contribution in [0.2, 0.25) is 0 Å². The summed E-state index contributed by atoms with van der Waals surface area (Å²) in [7, 11) is 1.40. The summed E-state index contributed by atoms with van der Waals surface area (Å²) >= 11 is 0. The Balaban J connectivity index is 3.11. The topological polar surface area (TPSA) is 79.6 Å². The number of ether oxygens (including phenoxy) is 2. The van der Waals surface area contributed by atoms with E-state index in [0.29, 0.717) is 0 Å². The number of nitrogens with zero attached hydrogens (tertiary/aromatic N) is 1. The van der Waals surface area contributed by atoms with Crippen molar-refractivity contribution < 1.29 is 19.4 Å². The molecule has 0 aromatic heterocycles. The molecular formula is C12H13NO4. The first-order chi connectivity index (χ1) is 8.13. The third-order valence-corrected chi connectivity index (χ3v) is 2.21. The van der Waals surface area contributed by atoms with Crippen LogP contribution in [0.25, 0.3) is 0 Å². The molecule has 0 radical (unpaired) electrons. The maximum Gasteiger partial charge on any atom is 0.310 e. The van der Waals surface area contributed by atoms with Crippen molar-refractivity contribution >= 4 is 5.97 Å². The van der Waals surface area contributed by atoms with Crippen LogP contribution < -0.4 is 4.74 Å². The van der Waals surface area contributed by atoms with Crippen LogP contribution >= 0.6 is 0 Å². The van der Waals surface area contributed by atoms with E-state index in [4.69, 9.17) is 14.7 Å². The number of esters is 1. The number of rotatable bonds is 4. The molecule has 5 nitrogen and oxygen atoms in total. The smallest absolute Gasteiger partial charge is 0.310 e. The lowest BCUT2D eigenvalue weighted by molar-refractivity contribution is -0.142. The van der Waals surface area contributed by atoms with Crippen LogP contribution in [0.15, 0.2) is 12.1 Å². The van der Waals surface area contributed by atoms with E-state index in [9.17, 15) is 9.90 Å². The van der Waals surface area contributed by atoms with Gasteiger partial charge in [0.1, 0.15) is 0 Å². The Kier molecular flexibility index (Phi) is 4.35. The zero-order chi connectivity index (χ0) is 12.8. The SMILES string of the molecule is CCOC(=O)Cc1c(C#N)ccc(OC)c1O. The van der Waals surface area contributed by atoms with Crippen LogP contribution in [0.5, 0.6) is 11.5 Å². The van der Waals surface area contributed by atoms with Crippen molar-refractivity contribution in [2.75, 3.05) is 13.7 Å². The molecule has 0 atom stereocenters. The van der Waals surface area contributed by atoms with Crippen LogP contribution in [0.4, 0.5) is 0 Å². The number of nitriles is 1. The number of aromatic hydroxyl groups is 1. The van der Waals surface area contributed by atoms with Crippen molar-refractivity contribution in [1.82, 2.24) is 0 Å². The van der Waals surface area contributed by atoms with Gasteiger partial charge in [-0.3, -0.25) is 4.79 Å². The predicted octanol–water partition coefficient (Wildman–Crippen LogP) is 1.38. The molecule has 1 aromatic rings. The van der Waals surface area contributed by atoms with Gasteiger partial charge in [0.05, 0.1) is 31.8 Å². The Morgan fingerprint density at radius 1 is 1.53 bits per heavy atom. The molecule has 1 aromatic carbocycles. The summed E-state index contributed by atoms with van der Waals surface area (Å²) in [5.41, 5.74) is 0.460. The van der Waals surface area contributed by atoms with Gasteiger partial charge >= 0.3 is 5.97 Å². The first kappa shape index (κ1) is 12.8.